The highest BCUT2D eigenvalue weighted by molar-refractivity contribution is 6.00. The Hall–Kier alpha value is -2.08. The van der Waals surface area contributed by atoms with E-state index in [9.17, 15) is 9.59 Å². The lowest BCUT2D eigenvalue weighted by Gasteiger charge is -2.63. The standard InChI is InChI=1S/C21H29N3O3/c1-4-27-18-13-17(21(18)9-6-10-21)23(3)19(25)15-7-5-8-16(14(15)2)24-12-11-22-20(24)26/h5,7-8,17-18H,4,6,9-13H2,1-3H3,(H,22,26). The Labute approximate surface area is 160 Å². The molecule has 0 aromatic heterocycles. The molecule has 3 amide bonds. The monoisotopic (exact) mass is 371 g/mol. The van der Waals surface area contributed by atoms with Gasteiger partial charge in [0.15, 0.2) is 0 Å². The minimum atomic E-state index is -0.0944. The fourth-order valence-electron chi connectivity index (χ4n) is 5.13. The second-order valence-corrected chi connectivity index (χ2v) is 8.03. The van der Waals surface area contributed by atoms with E-state index >= 15 is 0 Å². The minimum Gasteiger partial charge on any atom is -0.378 e. The van der Waals surface area contributed by atoms with Crippen LogP contribution in [0.5, 0.6) is 0 Å². The van der Waals surface area contributed by atoms with Crippen molar-refractivity contribution < 1.29 is 14.3 Å². The van der Waals surface area contributed by atoms with Gasteiger partial charge in [0.05, 0.1) is 6.10 Å². The molecule has 27 heavy (non-hydrogen) atoms. The first-order valence-electron chi connectivity index (χ1n) is 10.0. The maximum Gasteiger partial charge on any atom is 0.322 e. The molecule has 1 N–H and O–H groups in total. The summed E-state index contributed by atoms with van der Waals surface area (Å²) in [6, 6.07) is 5.81. The summed E-state index contributed by atoms with van der Waals surface area (Å²) in [5.74, 6) is 0.0418. The summed E-state index contributed by atoms with van der Waals surface area (Å²) in [5, 5.41) is 2.82. The summed E-state index contributed by atoms with van der Waals surface area (Å²) in [6.07, 6.45) is 4.72. The Morgan fingerprint density at radius 2 is 2.19 bits per heavy atom. The summed E-state index contributed by atoms with van der Waals surface area (Å²) in [6.45, 7) is 5.98. The van der Waals surface area contributed by atoms with Crippen LogP contribution in [0.4, 0.5) is 10.5 Å². The van der Waals surface area contributed by atoms with Gasteiger partial charge in [0.25, 0.3) is 5.91 Å². The molecule has 3 aliphatic rings. The van der Waals surface area contributed by atoms with Gasteiger partial charge in [-0.25, -0.2) is 4.79 Å². The van der Waals surface area contributed by atoms with Crippen LogP contribution in [0.1, 0.15) is 48.5 Å². The van der Waals surface area contributed by atoms with Gasteiger partial charge in [-0.1, -0.05) is 12.5 Å². The van der Waals surface area contributed by atoms with Crippen molar-refractivity contribution in [2.24, 2.45) is 5.41 Å². The Bertz CT molecular complexity index is 759. The minimum absolute atomic E-state index is 0.0418. The van der Waals surface area contributed by atoms with E-state index in [4.69, 9.17) is 4.74 Å². The van der Waals surface area contributed by atoms with Gasteiger partial charge in [-0.2, -0.15) is 0 Å². The smallest absolute Gasteiger partial charge is 0.322 e. The molecule has 1 aliphatic heterocycles. The average Bonchev–Trinajstić information content (AvgIpc) is 3.02. The van der Waals surface area contributed by atoms with Gasteiger partial charge < -0.3 is 15.0 Å². The number of ether oxygens (including phenoxy) is 1. The second-order valence-electron chi connectivity index (χ2n) is 8.03. The molecule has 3 fully saturated rings. The summed E-state index contributed by atoms with van der Waals surface area (Å²) >= 11 is 0. The maximum atomic E-state index is 13.3. The Balaban J connectivity index is 1.56. The number of urea groups is 1. The van der Waals surface area contributed by atoms with Gasteiger partial charge in [-0.15, -0.1) is 0 Å². The van der Waals surface area contributed by atoms with Crippen molar-refractivity contribution in [1.82, 2.24) is 10.2 Å². The molecule has 2 saturated carbocycles. The first kappa shape index (κ1) is 18.3. The van der Waals surface area contributed by atoms with Gasteiger partial charge in [0.1, 0.15) is 0 Å². The summed E-state index contributed by atoms with van der Waals surface area (Å²) < 4.78 is 5.93. The topological polar surface area (TPSA) is 61.9 Å². The lowest BCUT2D eigenvalue weighted by Crippen LogP contribution is -2.67. The fourth-order valence-corrected chi connectivity index (χ4v) is 5.13. The zero-order chi connectivity index (χ0) is 19.2. The molecule has 4 rings (SSSR count). The van der Waals surface area contributed by atoms with Gasteiger partial charge in [0, 0.05) is 49.5 Å². The summed E-state index contributed by atoms with van der Waals surface area (Å²) in [7, 11) is 1.92. The van der Waals surface area contributed by atoms with Crippen LogP contribution in [-0.2, 0) is 4.74 Å². The molecule has 0 radical (unpaired) electrons. The molecule has 6 heteroatoms. The van der Waals surface area contributed by atoms with Crippen LogP contribution in [0.15, 0.2) is 18.2 Å². The van der Waals surface area contributed by atoms with E-state index in [0.29, 0.717) is 18.7 Å². The van der Waals surface area contributed by atoms with E-state index in [1.54, 1.807) is 4.90 Å². The van der Waals surface area contributed by atoms with E-state index in [1.165, 1.54) is 6.42 Å². The highest BCUT2D eigenvalue weighted by Gasteiger charge is 2.60. The van der Waals surface area contributed by atoms with E-state index < -0.39 is 0 Å². The van der Waals surface area contributed by atoms with E-state index in [-0.39, 0.29) is 29.5 Å². The number of benzene rings is 1. The van der Waals surface area contributed by atoms with Crippen LogP contribution in [0.3, 0.4) is 0 Å². The quantitative estimate of drug-likeness (QED) is 0.866. The van der Waals surface area contributed by atoms with Gasteiger partial charge >= 0.3 is 6.03 Å². The number of nitrogens with one attached hydrogen (secondary N) is 1. The van der Waals surface area contributed by atoms with Crippen molar-refractivity contribution in [2.75, 3.05) is 31.6 Å². The van der Waals surface area contributed by atoms with Crippen LogP contribution in [-0.4, -0.2) is 55.7 Å². The van der Waals surface area contributed by atoms with Gasteiger partial charge in [-0.3, -0.25) is 9.69 Å². The zero-order valence-corrected chi connectivity index (χ0v) is 16.5. The number of nitrogens with zero attached hydrogens (tertiary/aromatic N) is 2. The number of hydrogen-bond donors (Lipinski definition) is 1. The molecule has 1 saturated heterocycles. The third-order valence-corrected chi connectivity index (χ3v) is 6.87. The van der Waals surface area contributed by atoms with Crippen molar-refractivity contribution in [3.05, 3.63) is 29.3 Å². The predicted octanol–water partition coefficient (Wildman–Crippen LogP) is 2.94. The number of carbonyl (C=O) groups is 2. The molecule has 2 atom stereocenters. The number of rotatable bonds is 5. The first-order chi connectivity index (χ1) is 13.0. The van der Waals surface area contributed by atoms with Crippen LogP contribution >= 0.6 is 0 Å². The highest BCUT2D eigenvalue weighted by Crippen LogP contribution is 2.59. The third kappa shape index (κ3) is 2.73. The first-order valence-corrected chi connectivity index (χ1v) is 10.0. The third-order valence-electron chi connectivity index (χ3n) is 6.87. The van der Waals surface area contributed by atoms with E-state index in [0.717, 1.165) is 37.1 Å². The van der Waals surface area contributed by atoms with Crippen LogP contribution < -0.4 is 10.2 Å². The number of anilines is 1. The van der Waals surface area contributed by atoms with Crippen molar-refractivity contribution in [1.29, 1.82) is 0 Å². The second kappa shape index (κ2) is 6.82. The predicted molar refractivity (Wildman–Crippen MR) is 104 cm³/mol. The van der Waals surface area contributed by atoms with Crippen LogP contribution in [0, 0.1) is 12.3 Å². The SMILES string of the molecule is CCOC1CC(N(C)C(=O)c2cccc(N3CCNC3=O)c2C)C12CCC2. The number of carbonyl (C=O) groups excluding carboxylic acids is 2. The van der Waals surface area contributed by atoms with Crippen molar-refractivity contribution in [3.8, 4) is 0 Å². The fraction of sp³-hybridized carbons (Fsp3) is 0.619. The van der Waals surface area contributed by atoms with Crippen LogP contribution in [0.25, 0.3) is 0 Å². The van der Waals surface area contributed by atoms with Gasteiger partial charge in [-0.05, 0) is 50.8 Å². The Morgan fingerprint density at radius 1 is 1.41 bits per heavy atom. The molecule has 2 aliphatic carbocycles. The van der Waals surface area contributed by atoms with E-state index in [2.05, 4.69) is 5.32 Å². The van der Waals surface area contributed by atoms with E-state index in [1.807, 2.05) is 44.0 Å². The molecule has 146 valence electrons. The maximum absolute atomic E-state index is 13.3. The highest BCUT2D eigenvalue weighted by atomic mass is 16.5. The molecule has 1 spiro atoms. The summed E-state index contributed by atoms with van der Waals surface area (Å²) in [5.41, 5.74) is 2.53. The molecular formula is C21H29N3O3. The molecule has 6 nitrogen and oxygen atoms in total. The van der Waals surface area contributed by atoms with Crippen molar-refractivity contribution in [3.63, 3.8) is 0 Å². The lowest BCUT2D eigenvalue weighted by atomic mass is 9.50. The van der Waals surface area contributed by atoms with Crippen LogP contribution in [0.2, 0.25) is 0 Å². The summed E-state index contributed by atoms with van der Waals surface area (Å²) in [4.78, 5) is 29.0. The Kier molecular flexibility index (Phi) is 4.62. The largest absolute Gasteiger partial charge is 0.378 e. The Morgan fingerprint density at radius 3 is 2.78 bits per heavy atom. The molecule has 2 unspecified atom stereocenters. The number of hydrogen-bond acceptors (Lipinski definition) is 3. The average molecular weight is 371 g/mol. The zero-order valence-electron chi connectivity index (χ0n) is 16.5. The van der Waals surface area contributed by atoms with Crippen molar-refractivity contribution >= 4 is 17.6 Å². The molecule has 0 bridgehead atoms. The lowest BCUT2D eigenvalue weighted by molar-refractivity contribution is -0.192. The molecule has 1 aromatic rings. The molecular weight excluding hydrogens is 342 g/mol. The number of amides is 3. The van der Waals surface area contributed by atoms with Gasteiger partial charge in [0.2, 0.25) is 0 Å². The normalized spacial score (nSPS) is 25.7. The molecule has 1 aromatic carbocycles. The molecule has 1 heterocycles. The van der Waals surface area contributed by atoms with Crippen molar-refractivity contribution in [2.45, 2.75) is 51.7 Å².